The van der Waals surface area contributed by atoms with Crippen molar-refractivity contribution in [3.05, 3.63) is 112 Å². The Labute approximate surface area is 188 Å². The number of H-pyrrole nitrogens is 1. The molecule has 2 heterocycles. The van der Waals surface area contributed by atoms with E-state index in [9.17, 15) is 4.79 Å². The maximum atomic E-state index is 12.5. The second-order valence-electron chi connectivity index (χ2n) is 8.44. The third-order valence-corrected chi connectivity index (χ3v) is 6.52. The van der Waals surface area contributed by atoms with Gasteiger partial charge in [-0.1, -0.05) is 72.8 Å². The summed E-state index contributed by atoms with van der Waals surface area (Å²) in [7, 11) is 0. The highest BCUT2D eigenvalue weighted by Crippen LogP contribution is 2.30. The molecule has 0 bridgehead atoms. The first kappa shape index (κ1) is 20.6. The Kier molecular flexibility index (Phi) is 5.84. The van der Waals surface area contributed by atoms with Crippen LogP contribution in [-0.4, -0.2) is 45.9 Å². The third-order valence-electron chi connectivity index (χ3n) is 6.52. The number of hydrogen-bond donors (Lipinski definition) is 1. The quantitative estimate of drug-likeness (QED) is 0.516. The molecule has 0 spiro atoms. The first-order valence-corrected chi connectivity index (χ1v) is 11.3. The van der Waals surface area contributed by atoms with Gasteiger partial charge in [0.15, 0.2) is 0 Å². The van der Waals surface area contributed by atoms with Crippen molar-refractivity contribution >= 4 is 10.9 Å². The number of aromatic nitrogens is 2. The maximum absolute atomic E-state index is 12.5. The van der Waals surface area contributed by atoms with Crippen LogP contribution in [0.25, 0.3) is 10.9 Å². The predicted molar refractivity (Wildman–Crippen MR) is 129 cm³/mol. The monoisotopic (exact) mass is 424 g/mol. The fourth-order valence-electron chi connectivity index (χ4n) is 4.74. The number of aromatic amines is 1. The molecule has 0 unspecified atom stereocenters. The minimum atomic E-state index is -0.0655. The SMILES string of the molecule is C[C@@H](c1nc2ccccc2c(=O)[nH]1)N1CCN(C(c2ccccc2)c2ccccc2)CC1. The smallest absolute Gasteiger partial charge is 0.258 e. The highest BCUT2D eigenvalue weighted by atomic mass is 16.1. The van der Waals surface area contributed by atoms with Crippen molar-refractivity contribution in [1.29, 1.82) is 0 Å². The molecule has 32 heavy (non-hydrogen) atoms. The number of benzene rings is 3. The summed E-state index contributed by atoms with van der Waals surface area (Å²) < 4.78 is 0. The summed E-state index contributed by atoms with van der Waals surface area (Å²) in [6, 6.07) is 29.3. The predicted octanol–water partition coefficient (Wildman–Crippen LogP) is 4.39. The summed E-state index contributed by atoms with van der Waals surface area (Å²) in [6.45, 7) is 5.89. The molecule has 0 amide bonds. The van der Waals surface area contributed by atoms with E-state index in [0.29, 0.717) is 5.39 Å². The van der Waals surface area contributed by atoms with Gasteiger partial charge in [0, 0.05) is 26.2 Å². The van der Waals surface area contributed by atoms with Gasteiger partial charge in [-0.25, -0.2) is 4.98 Å². The van der Waals surface area contributed by atoms with Crippen molar-refractivity contribution in [1.82, 2.24) is 19.8 Å². The van der Waals surface area contributed by atoms with Crippen LogP contribution in [-0.2, 0) is 0 Å². The summed E-state index contributed by atoms with van der Waals surface area (Å²) in [5.74, 6) is 0.741. The van der Waals surface area contributed by atoms with Crippen molar-refractivity contribution < 1.29 is 0 Å². The van der Waals surface area contributed by atoms with E-state index in [4.69, 9.17) is 4.98 Å². The molecule has 5 heteroatoms. The summed E-state index contributed by atoms with van der Waals surface area (Å²) in [4.78, 5) is 25.3. The van der Waals surface area contributed by atoms with Crippen molar-refractivity contribution in [3.8, 4) is 0 Å². The summed E-state index contributed by atoms with van der Waals surface area (Å²) in [5, 5.41) is 0.641. The Morgan fingerprint density at radius 3 is 1.91 bits per heavy atom. The lowest BCUT2D eigenvalue weighted by molar-refractivity contribution is 0.0813. The zero-order valence-electron chi connectivity index (χ0n) is 18.3. The normalized spacial score (nSPS) is 16.4. The largest absolute Gasteiger partial charge is 0.309 e. The van der Waals surface area contributed by atoms with Crippen LogP contribution >= 0.6 is 0 Å². The number of hydrogen-bond acceptors (Lipinski definition) is 4. The van der Waals surface area contributed by atoms with Crippen LogP contribution in [0.3, 0.4) is 0 Å². The van der Waals surface area contributed by atoms with Gasteiger partial charge in [0.2, 0.25) is 0 Å². The zero-order chi connectivity index (χ0) is 21.9. The molecule has 1 aliphatic rings. The number of para-hydroxylation sites is 1. The molecule has 0 radical (unpaired) electrons. The first-order valence-electron chi connectivity index (χ1n) is 11.3. The van der Waals surface area contributed by atoms with Crippen LogP contribution in [0, 0.1) is 0 Å². The molecule has 5 rings (SSSR count). The number of fused-ring (bicyclic) bond motifs is 1. The van der Waals surface area contributed by atoms with Crippen LogP contribution < -0.4 is 5.56 Å². The van der Waals surface area contributed by atoms with Crippen molar-refractivity contribution in [2.24, 2.45) is 0 Å². The fourth-order valence-corrected chi connectivity index (χ4v) is 4.74. The van der Waals surface area contributed by atoms with Crippen LogP contribution in [0.5, 0.6) is 0 Å². The molecule has 1 aliphatic heterocycles. The van der Waals surface area contributed by atoms with E-state index >= 15 is 0 Å². The molecule has 4 aromatic rings. The third kappa shape index (κ3) is 4.09. The second kappa shape index (κ2) is 9.07. The van der Waals surface area contributed by atoms with Crippen LogP contribution in [0.2, 0.25) is 0 Å². The second-order valence-corrected chi connectivity index (χ2v) is 8.44. The number of nitrogens with zero attached hydrogens (tertiary/aromatic N) is 3. The van der Waals surface area contributed by atoms with E-state index in [1.807, 2.05) is 24.3 Å². The highest BCUT2D eigenvalue weighted by Gasteiger charge is 2.29. The van der Waals surface area contributed by atoms with Crippen LogP contribution in [0.15, 0.2) is 89.7 Å². The van der Waals surface area contributed by atoms with E-state index in [1.54, 1.807) is 0 Å². The van der Waals surface area contributed by atoms with Crippen molar-refractivity contribution in [2.75, 3.05) is 26.2 Å². The molecule has 1 saturated heterocycles. The van der Waals surface area contributed by atoms with Gasteiger partial charge in [0.25, 0.3) is 5.56 Å². The minimum absolute atomic E-state index is 0.0568. The van der Waals surface area contributed by atoms with E-state index < -0.39 is 0 Å². The van der Waals surface area contributed by atoms with Gasteiger partial charge in [-0.3, -0.25) is 14.6 Å². The van der Waals surface area contributed by atoms with Gasteiger partial charge in [-0.05, 0) is 30.2 Å². The van der Waals surface area contributed by atoms with Crippen LogP contribution in [0.4, 0.5) is 0 Å². The Morgan fingerprint density at radius 2 is 1.28 bits per heavy atom. The summed E-state index contributed by atoms with van der Waals surface area (Å²) >= 11 is 0. The zero-order valence-corrected chi connectivity index (χ0v) is 18.3. The maximum Gasteiger partial charge on any atom is 0.258 e. The molecule has 1 atom stereocenters. The lowest BCUT2D eigenvalue weighted by Gasteiger charge is -2.41. The molecule has 1 fully saturated rings. The molecule has 5 nitrogen and oxygen atoms in total. The molecule has 162 valence electrons. The molecular formula is C27H28N4O. The van der Waals surface area contributed by atoms with Gasteiger partial charge in [-0.15, -0.1) is 0 Å². The average Bonchev–Trinajstić information content (AvgIpc) is 2.85. The topological polar surface area (TPSA) is 52.2 Å². The van der Waals surface area contributed by atoms with Crippen LogP contribution in [0.1, 0.15) is 36.0 Å². The van der Waals surface area contributed by atoms with E-state index in [2.05, 4.69) is 82.4 Å². The van der Waals surface area contributed by atoms with Crippen molar-refractivity contribution in [2.45, 2.75) is 19.0 Å². The number of nitrogens with one attached hydrogen (secondary N) is 1. The minimum Gasteiger partial charge on any atom is -0.309 e. The Bertz CT molecular complexity index is 1190. The molecule has 0 aliphatic carbocycles. The highest BCUT2D eigenvalue weighted by molar-refractivity contribution is 5.77. The van der Waals surface area contributed by atoms with Gasteiger partial charge in [0.05, 0.1) is 23.0 Å². The Morgan fingerprint density at radius 1 is 0.750 bits per heavy atom. The Hall–Kier alpha value is -3.28. The fraction of sp³-hybridized carbons (Fsp3) is 0.259. The summed E-state index contributed by atoms with van der Waals surface area (Å²) in [5.41, 5.74) is 3.33. The summed E-state index contributed by atoms with van der Waals surface area (Å²) in [6.07, 6.45) is 0. The lowest BCUT2D eigenvalue weighted by Crippen LogP contribution is -2.48. The molecule has 0 saturated carbocycles. The average molecular weight is 425 g/mol. The number of piperazine rings is 1. The van der Waals surface area contributed by atoms with Gasteiger partial charge < -0.3 is 4.98 Å². The first-order chi connectivity index (χ1) is 15.7. The van der Waals surface area contributed by atoms with E-state index in [0.717, 1.165) is 37.5 Å². The van der Waals surface area contributed by atoms with Gasteiger partial charge in [-0.2, -0.15) is 0 Å². The Balaban J connectivity index is 1.35. The number of rotatable bonds is 5. The van der Waals surface area contributed by atoms with E-state index in [1.165, 1.54) is 11.1 Å². The van der Waals surface area contributed by atoms with Gasteiger partial charge >= 0.3 is 0 Å². The molecule has 3 aromatic carbocycles. The van der Waals surface area contributed by atoms with Gasteiger partial charge in [0.1, 0.15) is 5.82 Å². The standard InChI is InChI=1S/C27H28N4O/c1-20(26-28-24-15-9-8-14-23(24)27(32)29-26)30-16-18-31(19-17-30)25(21-10-4-2-5-11-21)22-12-6-3-7-13-22/h2-15,20,25H,16-19H2,1H3,(H,28,29,32)/t20-/m0/s1. The van der Waals surface area contributed by atoms with E-state index in [-0.39, 0.29) is 17.6 Å². The molecular weight excluding hydrogens is 396 g/mol. The molecule has 1 aromatic heterocycles. The van der Waals surface area contributed by atoms with Crippen molar-refractivity contribution in [3.63, 3.8) is 0 Å². The lowest BCUT2D eigenvalue weighted by atomic mass is 9.96. The molecule has 1 N–H and O–H groups in total.